The number of ketones is 1. The van der Waals surface area contributed by atoms with E-state index in [1.165, 1.54) is 62.7 Å². The molecule has 0 radical (unpaired) electrons. The first-order valence-electron chi connectivity index (χ1n) is 16.9. The largest absolute Gasteiger partial charge is 0.347 e. The first-order valence-corrected chi connectivity index (χ1v) is 16.9. The predicted molar refractivity (Wildman–Crippen MR) is 185 cm³/mol. The second kappa shape index (κ2) is 14.6. The van der Waals surface area contributed by atoms with Gasteiger partial charge in [-0.3, -0.25) is 9.69 Å². The summed E-state index contributed by atoms with van der Waals surface area (Å²) in [5, 5.41) is 3.28. The van der Waals surface area contributed by atoms with Crippen molar-refractivity contribution in [2.24, 2.45) is 0 Å². The standard InChI is InChI=1S/C19H29NO.C15H22O2.C5H11N/c1-18(2,3)16-11-9-15(10-12-16)17(21)19(4,5)20-13-7-6-8-14-20;1-13(2,3)11-7-9-12(10-8-11)15(16-6)14(4,5)17-15;1-2-4-6-5-3-1/h9-12H,6-8,13-14H2,1-5H3;7-10H,1-6H3;6H,1-5H2. The molecule has 0 aromatic heterocycles. The van der Waals surface area contributed by atoms with Gasteiger partial charge in [-0.05, 0) is 102 Å². The van der Waals surface area contributed by atoms with Crippen molar-refractivity contribution in [2.75, 3.05) is 33.3 Å². The van der Waals surface area contributed by atoms with Crippen molar-refractivity contribution in [1.82, 2.24) is 10.2 Å². The minimum absolute atomic E-state index is 0.129. The maximum Gasteiger partial charge on any atom is 0.225 e. The van der Waals surface area contributed by atoms with Crippen molar-refractivity contribution in [3.63, 3.8) is 0 Å². The van der Waals surface area contributed by atoms with Crippen LogP contribution in [0.3, 0.4) is 0 Å². The third-order valence-corrected chi connectivity index (χ3v) is 9.49. The molecule has 1 N–H and O–H groups in total. The molecule has 3 heterocycles. The fraction of sp³-hybridized carbons (Fsp3) is 0.667. The summed E-state index contributed by atoms with van der Waals surface area (Å²) in [6.07, 6.45) is 7.92. The number of nitrogens with zero attached hydrogens (tertiary/aromatic N) is 1. The van der Waals surface area contributed by atoms with E-state index in [9.17, 15) is 4.79 Å². The topological polar surface area (TPSA) is 54.1 Å². The summed E-state index contributed by atoms with van der Waals surface area (Å²) in [6.45, 7) is 26.0. The van der Waals surface area contributed by atoms with Crippen LogP contribution >= 0.6 is 0 Å². The summed E-state index contributed by atoms with van der Waals surface area (Å²) in [7, 11) is 1.70. The molecule has 44 heavy (non-hydrogen) atoms. The number of piperidine rings is 2. The predicted octanol–water partition coefficient (Wildman–Crippen LogP) is 8.78. The maximum atomic E-state index is 12.9. The minimum atomic E-state index is -0.552. The van der Waals surface area contributed by atoms with Crippen molar-refractivity contribution in [3.05, 3.63) is 70.8 Å². The van der Waals surface area contributed by atoms with Crippen LogP contribution in [0.2, 0.25) is 0 Å². The smallest absolute Gasteiger partial charge is 0.225 e. The quantitative estimate of drug-likeness (QED) is 0.272. The van der Waals surface area contributed by atoms with Crippen LogP contribution in [0.1, 0.15) is 135 Å². The molecule has 5 rings (SSSR count). The van der Waals surface area contributed by atoms with Crippen molar-refractivity contribution >= 4 is 5.78 Å². The Morgan fingerprint density at radius 1 is 0.727 bits per heavy atom. The molecule has 1 unspecified atom stereocenters. The van der Waals surface area contributed by atoms with Crippen LogP contribution in [0.25, 0.3) is 0 Å². The fourth-order valence-corrected chi connectivity index (χ4v) is 6.21. The zero-order valence-corrected chi connectivity index (χ0v) is 29.9. The number of ether oxygens (including phenoxy) is 2. The molecule has 0 aliphatic carbocycles. The molecule has 3 aliphatic heterocycles. The molecule has 5 nitrogen and oxygen atoms in total. The van der Waals surface area contributed by atoms with Crippen LogP contribution in [-0.2, 0) is 26.1 Å². The van der Waals surface area contributed by atoms with Gasteiger partial charge in [0.1, 0.15) is 5.60 Å². The molecule has 0 spiro atoms. The van der Waals surface area contributed by atoms with Crippen LogP contribution in [0.4, 0.5) is 0 Å². The number of hydrogen-bond acceptors (Lipinski definition) is 5. The van der Waals surface area contributed by atoms with E-state index in [4.69, 9.17) is 9.47 Å². The first kappa shape index (κ1) is 36.4. The summed E-state index contributed by atoms with van der Waals surface area (Å²) >= 11 is 0. The molecule has 3 saturated heterocycles. The Hall–Kier alpha value is -2.05. The van der Waals surface area contributed by atoms with Crippen LogP contribution < -0.4 is 5.32 Å². The van der Waals surface area contributed by atoms with E-state index >= 15 is 0 Å². The van der Waals surface area contributed by atoms with Gasteiger partial charge in [-0.1, -0.05) is 103 Å². The van der Waals surface area contributed by atoms with Crippen molar-refractivity contribution in [3.8, 4) is 0 Å². The summed E-state index contributed by atoms with van der Waals surface area (Å²) in [6, 6.07) is 16.7. The average molecular weight is 607 g/mol. The van der Waals surface area contributed by atoms with Gasteiger partial charge >= 0.3 is 0 Å². The van der Waals surface area contributed by atoms with Crippen LogP contribution in [0.5, 0.6) is 0 Å². The summed E-state index contributed by atoms with van der Waals surface area (Å²) < 4.78 is 11.3. The molecule has 2 aromatic carbocycles. The Labute approximate surface area is 269 Å². The molecule has 246 valence electrons. The lowest BCUT2D eigenvalue weighted by Crippen LogP contribution is -2.52. The number of carbonyl (C=O) groups excluding carboxylic acids is 1. The number of hydrogen-bond donors (Lipinski definition) is 1. The highest BCUT2D eigenvalue weighted by Crippen LogP contribution is 2.55. The Kier molecular flexibility index (Phi) is 12.1. The molecular formula is C39H62N2O3. The number of nitrogens with one attached hydrogen (secondary N) is 1. The van der Waals surface area contributed by atoms with Crippen LogP contribution in [0, 0.1) is 0 Å². The Morgan fingerprint density at radius 2 is 1.16 bits per heavy atom. The van der Waals surface area contributed by atoms with Crippen molar-refractivity contribution in [2.45, 2.75) is 136 Å². The highest BCUT2D eigenvalue weighted by molar-refractivity contribution is 6.02. The van der Waals surface area contributed by atoms with E-state index in [-0.39, 0.29) is 22.2 Å². The van der Waals surface area contributed by atoms with E-state index < -0.39 is 11.3 Å². The third-order valence-electron chi connectivity index (χ3n) is 9.49. The lowest BCUT2D eigenvalue weighted by Gasteiger charge is -2.39. The second-order valence-corrected chi connectivity index (χ2v) is 15.8. The molecule has 0 saturated carbocycles. The van der Waals surface area contributed by atoms with Crippen LogP contribution in [-0.4, -0.2) is 55.1 Å². The van der Waals surface area contributed by atoms with Gasteiger partial charge in [0, 0.05) is 18.2 Å². The zero-order valence-electron chi connectivity index (χ0n) is 29.9. The second-order valence-electron chi connectivity index (χ2n) is 15.8. The molecule has 0 amide bonds. The third kappa shape index (κ3) is 9.02. The number of Topliss-reactive ketones (excluding diaryl/α,β-unsaturated/α-hetero) is 1. The normalized spacial score (nSPS) is 22.2. The average Bonchev–Trinajstić information content (AvgIpc) is 3.59. The van der Waals surface area contributed by atoms with E-state index in [0.717, 1.165) is 24.2 Å². The van der Waals surface area contributed by atoms with E-state index in [1.54, 1.807) is 7.11 Å². The molecule has 3 aliphatic rings. The molecule has 0 bridgehead atoms. The number of rotatable bonds is 5. The fourth-order valence-electron chi connectivity index (χ4n) is 6.21. The Bertz CT molecular complexity index is 1160. The zero-order chi connectivity index (χ0) is 32.8. The number of epoxide rings is 1. The van der Waals surface area contributed by atoms with E-state index in [1.807, 2.05) is 26.0 Å². The Balaban J connectivity index is 0.000000205. The SMILES string of the molecule is C1CCNCC1.CC(C)(C)c1ccc(C(=O)C(C)(C)N2CCCCC2)cc1.COC1(c2ccc(C(C)(C)C)cc2)OC1(C)C. The highest BCUT2D eigenvalue weighted by Gasteiger charge is 2.66. The van der Waals surface area contributed by atoms with Gasteiger partial charge < -0.3 is 14.8 Å². The van der Waals surface area contributed by atoms with Gasteiger partial charge in [0.15, 0.2) is 5.78 Å². The van der Waals surface area contributed by atoms with Gasteiger partial charge in [-0.2, -0.15) is 0 Å². The van der Waals surface area contributed by atoms with Gasteiger partial charge in [0.25, 0.3) is 0 Å². The summed E-state index contributed by atoms with van der Waals surface area (Å²) in [5.74, 6) is -0.312. The van der Waals surface area contributed by atoms with Gasteiger partial charge in [-0.25, -0.2) is 0 Å². The maximum absolute atomic E-state index is 12.9. The van der Waals surface area contributed by atoms with Gasteiger partial charge in [-0.15, -0.1) is 0 Å². The monoisotopic (exact) mass is 606 g/mol. The van der Waals surface area contributed by atoms with E-state index in [2.05, 4.69) is 102 Å². The lowest BCUT2D eigenvalue weighted by molar-refractivity contribution is -0.0147. The summed E-state index contributed by atoms with van der Waals surface area (Å²) in [4.78, 5) is 15.2. The highest BCUT2D eigenvalue weighted by atomic mass is 16.8. The lowest BCUT2D eigenvalue weighted by atomic mass is 9.84. The molecule has 2 aromatic rings. The first-order chi connectivity index (χ1) is 20.5. The van der Waals surface area contributed by atoms with Gasteiger partial charge in [0.05, 0.1) is 5.54 Å². The van der Waals surface area contributed by atoms with Crippen molar-refractivity contribution < 1.29 is 14.3 Å². The minimum Gasteiger partial charge on any atom is -0.347 e. The number of benzene rings is 2. The van der Waals surface area contributed by atoms with E-state index in [0.29, 0.717) is 0 Å². The number of methoxy groups -OCH3 is 1. The number of carbonyl (C=O) groups is 1. The molecular weight excluding hydrogens is 544 g/mol. The Morgan fingerprint density at radius 3 is 1.50 bits per heavy atom. The van der Waals surface area contributed by atoms with Gasteiger partial charge in [0.2, 0.25) is 5.79 Å². The van der Waals surface area contributed by atoms with Crippen LogP contribution in [0.15, 0.2) is 48.5 Å². The molecule has 1 atom stereocenters. The van der Waals surface area contributed by atoms with Crippen molar-refractivity contribution in [1.29, 1.82) is 0 Å². The summed E-state index contributed by atoms with van der Waals surface area (Å²) in [5.41, 5.74) is 4.20. The number of likely N-dealkylation sites (tertiary alicyclic amines) is 1. The molecule has 5 heteroatoms. The molecule has 3 fully saturated rings.